The fourth-order valence-corrected chi connectivity index (χ4v) is 2.33. The molecule has 0 radical (unpaired) electrons. The van der Waals surface area contributed by atoms with Gasteiger partial charge in [0.2, 0.25) is 0 Å². The summed E-state index contributed by atoms with van der Waals surface area (Å²) in [4.78, 5) is 28.9. The summed E-state index contributed by atoms with van der Waals surface area (Å²) in [5, 5.41) is 14.5. The van der Waals surface area contributed by atoms with Crippen LogP contribution >= 0.6 is 11.3 Å². The molecule has 2 N–H and O–H groups in total. The van der Waals surface area contributed by atoms with E-state index in [1.54, 1.807) is 7.05 Å². The van der Waals surface area contributed by atoms with Crippen LogP contribution in [0.4, 0.5) is 4.79 Å². The smallest absolute Gasteiger partial charge is 0.326 e. The van der Waals surface area contributed by atoms with Crippen molar-refractivity contribution in [2.24, 2.45) is 5.92 Å². The molecule has 1 aromatic rings. The number of aliphatic carboxylic acids is 1. The van der Waals surface area contributed by atoms with E-state index >= 15 is 0 Å². The number of thiazole rings is 1. The Hall–Kier alpha value is -1.63. The van der Waals surface area contributed by atoms with Gasteiger partial charge < -0.3 is 15.3 Å². The zero-order valence-corrected chi connectivity index (χ0v) is 13.0. The van der Waals surface area contributed by atoms with Crippen molar-refractivity contribution < 1.29 is 14.7 Å². The van der Waals surface area contributed by atoms with Crippen LogP contribution in [0, 0.1) is 12.8 Å². The van der Waals surface area contributed by atoms with E-state index in [-0.39, 0.29) is 5.92 Å². The molecule has 0 fully saturated rings. The summed E-state index contributed by atoms with van der Waals surface area (Å²) in [6.45, 7) is 5.97. The molecule has 1 rings (SSSR count). The van der Waals surface area contributed by atoms with Crippen LogP contribution in [0.25, 0.3) is 0 Å². The summed E-state index contributed by atoms with van der Waals surface area (Å²) < 4.78 is 0. The molecule has 2 atom stereocenters. The fraction of sp³-hybridized carbons (Fsp3) is 0.615. The molecule has 0 spiro atoms. The number of aryl methyl sites for hydroxylation is 1. The first-order valence-corrected chi connectivity index (χ1v) is 7.38. The Bertz CT molecular complexity index is 475. The van der Waals surface area contributed by atoms with Gasteiger partial charge in [-0.15, -0.1) is 11.3 Å². The quantitative estimate of drug-likeness (QED) is 0.842. The summed E-state index contributed by atoms with van der Waals surface area (Å²) in [5.74, 6) is -1.13. The number of carboxylic acid groups (broad SMARTS) is 1. The first kappa shape index (κ1) is 16.4. The van der Waals surface area contributed by atoms with Gasteiger partial charge in [0, 0.05) is 12.4 Å². The lowest BCUT2D eigenvalue weighted by Crippen LogP contribution is -2.49. The Morgan fingerprint density at radius 3 is 2.65 bits per heavy atom. The molecule has 7 heteroatoms. The Morgan fingerprint density at radius 2 is 2.20 bits per heavy atom. The number of aromatic nitrogens is 1. The normalized spacial score (nSPS) is 13.6. The zero-order valence-electron chi connectivity index (χ0n) is 12.2. The molecule has 1 heterocycles. The van der Waals surface area contributed by atoms with Crippen molar-refractivity contribution in [1.82, 2.24) is 15.2 Å². The van der Waals surface area contributed by atoms with E-state index in [1.807, 2.05) is 26.2 Å². The predicted octanol–water partition coefficient (Wildman–Crippen LogP) is 2.09. The number of urea groups is 1. The van der Waals surface area contributed by atoms with Crippen molar-refractivity contribution in [2.75, 3.05) is 7.05 Å². The highest BCUT2D eigenvalue weighted by Gasteiger charge is 2.26. The van der Waals surface area contributed by atoms with Gasteiger partial charge in [-0.3, -0.25) is 0 Å². The van der Waals surface area contributed by atoms with Crippen molar-refractivity contribution in [1.29, 1.82) is 0 Å². The van der Waals surface area contributed by atoms with Crippen LogP contribution in [0.3, 0.4) is 0 Å². The number of hydrogen-bond acceptors (Lipinski definition) is 4. The molecular weight excluding hydrogens is 278 g/mol. The Balaban J connectivity index is 2.61. The molecule has 6 nitrogen and oxygen atoms in total. The number of carbonyl (C=O) groups is 2. The summed E-state index contributed by atoms with van der Waals surface area (Å²) in [7, 11) is 1.62. The fourth-order valence-electron chi connectivity index (χ4n) is 1.72. The summed E-state index contributed by atoms with van der Waals surface area (Å²) in [5.41, 5.74) is 0.806. The van der Waals surface area contributed by atoms with Gasteiger partial charge in [-0.25, -0.2) is 14.6 Å². The highest BCUT2D eigenvalue weighted by atomic mass is 32.1. The van der Waals surface area contributed by atoms with Crippen molar-refractivity contribution in [2.45, 2.75) is 39.8 Å². The summed E-state index contributed by atoms with van der Waals surface area (Å²) >= 11 is 1.52. The minimum atomic E-state index is -1.01. The highest BCUT2D eigenvalue weighted by Crippen LogP contribution is 2.11. The molecule has 1 aromatic heterocycles. The van der Waals surface area contributed by atoms with Gasteiger partial charge in [0.05, 0.1) is 17.2 Å². The van der Waals surface area contributed by atoms with E-state index in [0.29, 0.717) is 13.0 Å². The molecule has 0 aliphatic rings. The predicted molar refractivity (Wildman–Crippen MR) is 77.7 cm³/mol. The maximum Gasteiger partial charge on any atom is 0.326 e. The van der Waals surface area contributed by atoms with Crippen LogP contribution in [-0.2, 0) is 11.3 Å². The topological polar surface area (TPSA) is 82.5 Å². The van der Waals surface area contributed by atoms with E-state index in [0.717, 1.165) is 10.7 Å². The zero-order chi connectivity index (χ0) is 15.3. The van der Waals surface area contributed by atoms with E-state index in [9.17, 15) is 9.59 Å². The second kappa shape index (κ2) is 7.23. The number of carboxylic acids is 1. The minimum absolute atomic E-state index is 0.119. The average Bonchev–Trinajstić information content (AvgIpc) is 2.79. The SMILES string of the molecule is CCC(C)[C@H](NC(=O)N(C)Cc1csc(C)n1)C(=O)O. The Labute approximate surface area is 122 Å². The molecule has 2 amide bonds. The van der Waals surface area contributed by atoms with E-state index in [4.69, 9.17) is 5.11 Å². The monoisotopic (exact) mass is 299 g/mol. The lowest BCUT2D eigenvalue weighted by molar-refractivity contribution is -0.140. The molecule has 0 aromatic carbocycles. The third-order valence-electron chi connectivity index (χ3n) is 3.17. The van der Waals surface area contributed by atoms with Crippen LogP contribution in [-0.4, -0.2) is 40.1 Å². The van der Waals surface area contributed by atoms with Gasteiger partial charge in [0.25, 0.3) is 0 Å². The van der Waals surface area contributed by atoms with Gasteiger partial charge in [0.1, 0.15) is 6.04 Å². The standard InChI is InChI=1S/C13H21N3O3S/c1-5-8(2)11(12(17)18)15-13(19)16(4)6-10-7-20-9(3)14-10/h7-8,11H,5-6H2,1-4H3,(H,15,19)(H,17,18)/t8?,11-/m0/s1. The van der Waals surface area contributed by atoms with Crippen LogP contribution in [0.1, 0.15) is 31.0 Å². The highest BCUT2D eigenvalue weighted by molar-refractivity contribution is 7.09. The second-order valence-corrected chi connectivity index (χ2v) is 5.93. The number of amides is 2. The average molecular weight is 299 g/mol. The van der Waals surface area contributed by atoms with Gasteiger partial charge >= 0.3 is 12.0 Å². The van der Waals surface area contributed by atoms with Crippen LogP contribution in [0.5, 0.6) is 0 Å². The van der Waals surface area contributed by atoms with E-state index in [1.165, 1.54) is 16.2 Å². The third kappa shape index (κ3) is 4.48. The van der Waals surface area contributed by atoms with E-state index < -0.39 is 18.0 Å². The van der Waals surface area contributed by atoms with Crippen molar-refractivity contribution in [3.63, 3.8) is 0 Å². The van der Waals surface area contributed by atoms with Crippen molar-refractivity contribution in [3.05, 3.63) is 16.1 Å². The molecule has 1 unspecified atom stereocenters. The largest absolute Gasteiger partial charge is 0.480 e. The molecule has 0 saturated heterocycles. The van der Waals surface area contributed by atoms with Crippen LogP contribution in [0.15, 0.2) is 5.38 Å². The number of carbonyl (C=O) groups excluding carboxylic acids is 1. The maximum absolute atomic E-state index is 12.0. The number of nitrogens with one attached hydrogen (secondary N) is 1. The molecular formula is C13H21N3O3S. The Kier molecular flexibility index (Phi) is 5.94. The lowest BCUT2D eigenvalue weighted by Gasteiger charge is -2.24. The van der Waals surface area contributed by atoms with Crippen molar-refractivity contribution in [3.8, 4) is 0 Å². The third-order valence-corrected chi connectivity index (χ3v) is 3.99. The van der Waals surface area contributed by atoms with Gasteiger partial charge in [-0.2, -0.15) is 0 Å². The van der Waals surface area contributed by atoms with Crippen LogP contribution < -0.4 is 5.32 Å². The summed E-state index contributed by atoms with van der Waals surface area (Å²) in [6, 6.07) is -1.27. The first-order chi connectivity index (χ1) is 9.35. The van der Waals surface area contributed by atoms with Gasteiger partial charge in [0.15, 0.2) is 0 Å². The first-order valence-electron chi connectivity index (χ1n) is 6.50. The second-order valence-electron chi connectivity index (χ2n) is 4.86. The lowest BCUT2D eigenvalue weighted by atomic mass is 9.99. The molecule has 0 aliphatic carbocycles. The Morgan fingerprint density at radius 1 is 1.55 bits per heavy atom. The van der Waals surface area contributed by atoms with Gasteiger partial charge in [-0.1, -0.05) is 20.3 Å². The number of nitrogens with zero attached hydrogens (tertiary/aromatic N) is 2. The molecule has 0 aliphatic heterocycles. The molecule has 0 bridgehead atoms. The number of rotatable bonds is 6. The van der Waals surface area contributed by atoms with E-state index in [2.05, 4.69) is 10.3 Å². The molecule has 112 valence electrons. The van der Waals surface area contributed by atoms with Crippen molar-refractivity contribution >= 4 is 23.3 Å². The van der Waals surface area contributed by atoms with Crippen LogP contribution in [0.2, 0.25) is 0 Å². The maximum atomic E-state index is 12.0. The summed E-state index contributed by atoms with van der Waals surface area (Å²) in [6.07, 6.45) is 0.687. The molecule has 0 saturated carbocycles. The molecule has 20 heavy (non-hydrogen) atoms. The number of hydrogen-bond donors (Lipinski definition) is 2. The van der Waals surface area contributed by atoms with Gasteiger partial charge in [-0.05, 0) is 12.8 Å². The minimum Gasteiger partial charge on any atom is -0.480 e.